The fraction of sp³-hybridized carbons (Fsp3) is 0. The lowest BCUT2D eigenvalue weighted by molar-refractivity contribution is 1.28. The van der Waals surface area contributed by atoms with Crippen LogP contribution in [0.5, 0.6) is 0 Å². The van der Waals surface area contributed by atoms with E-state index in [0.29, 0.717) is 0 Å². The van der Waals surface area contributed by atoms with Gasteiger partial charge in [-0.15, -0.1) is 0 Å². The monoisotopic (exact) mass is 701 g/mol. The first-order valence-corrected chi connectivity index (χ1v) is 18.8. The van der Waals surface area contributed by atoms with Crippen molar-refractivity contribution in [3.8, 4) is 66.8 Å². The van der Waals surface area contributed by atoms with Crippen LogP contribution < -0.4 is 4.90 Å². The Hall–Kier alpha value is -7.22. The topological polar surface area (TPSA) is 3.24 Å². The Balaban J connectivity index is 1.17. The highest BCUT2D eigenvalue weighted by atomic mass is 15.1. The summed E-state index contributed by atoms with van der Waals surface area (Å²) in [6, 6.07) is 85.0. The summed E-state index contributed by atoms with van der Waals surface area (Å²) in [6.07, 6.45) is 0. The maximum atomic E-state index is 2.38. The van der Waals surface area contributed by atoms with Crippen LogP contribution in [-0.4, -0.2) is 0 Å². The third-order valence-electron chi connectivity index (χ3n) is 10.3. The lowest BCUT2D eigenvalue weighted by Crippen LogP contribution is -2.10. The summed E-state index contributed by atoms with van der Waals surface area (Å²) in [5.41, 5.74) is 17.6. The molecule has 0 radical (unpaired) electrons. The van der Waals surface area contributed by atoms with Crippen LogP contribution >= 0.6 is 0 Å². The minimum absolute atomic E-state index is 1.09. The molecule has 0 atom stereocenters. The third kappa shape index (κ3) is 7.12. The van der Waals surface area contributed by atoms with Crippen molar-refractivity contribution in [2.45, 2.75) is 0 Å². The van der Waals surface area contributed by atoms with Crippen LogP contribution in [0.1, 0.15) is 0 Å². The molecule has 0 N–H and O–H groups in total. The molecule has 0 saturated heterocycles. The highest BCUT2D eigenvalue weighted by molar-refractivity contribution is 5.92. The molecule has 0 aromatic heterocycles. The van der Waals surface area contributed by atoms with Gasteiger partial charge in [0.1, 0.15) is 0 Å². The van der Waals surface area contributed by atoms with Crippen LogP contribution in [0.25, 0.3) is 66.8 Å². The maximum Gasteiger partial charge on any atom is 0.0473 e. The van der Waals surface area contributed by atoms with Crippen molar-refractivity contribution >= 4 is 17.1 Å². The Bertz CT molecular complexity index is 2590. The SMILES string of the molecule is c1ccc(-c2ccc(N(c3ccc(-c4ccccc4-c4ccccc4-c4ccccc4)cc3)c3cc(-c4ccccc4)cc(-c4ccccc4)c3)cc2)cc1. The highest BCUT2D eigenvalue weighted by Gasteiger charge is 2.18. The number of nitrogens with zero attached hydrogens (tertiary/aromatic N) is 1. The average Bonchev–Trinajstić information content (AvgIpc) is 3.28. The lowest BCUT2D eigenvalue weighted by atomic mass is 9.89. The molecule has 9 aromatic carbocycles. The zero-order valence-electron chi connectivity index (χ0n) is 30.5. The van der Waals surface area contributed by atoms with Crippen LogP contribution in [0.2, 0.25) is 0 Å². The van der Waals surface area contributed by atoms with Crippen molar-refractivity contribution < 1.29 is 0 Å². The van der Waals surface area contributed by atoms with Gasteiger partial charge in [-0.05, 0) is 109 Å². The van der Waals surface area contributed by atoms with Crippen molar-refractivity contribution in [2.24, 2.45) is 0 Å². The molecule has 9 rings (SSSR count). The van der Waals surface area contributed by atoms with Gasteiger partial charge in [0.05, 0.1) is 0 Å². The third-order valence-corrected chi connectivity index (χ3v) is 10.3. The summed E-state index contributed by atoms with van der Waals surface area (Å²) < 4.78 is 0. The van der Waals surface area contributed by atoms with Crippen molar-refractivity contribution in [2.75, 3.05) is 4.90 Å². The van der Waals surface area contributed by atoms with Gasteiger partial charge in [0.2, 0.25) is 0 Å². The normalized spacial score (nSPS) is 10.9. The van der Waals surface area contributed by atoms with Gasteiger partial charge in [-0.2, -0.15) is 0 Å². The molecule has 1 nitrogen and oxygen atoms in total. The van der Waals surface area contributed by atoms with Gasteiger partial charge in [0.25, 0.3) is 0 Å². The van der Waals surface area contributed by atoms with Crippen molar-refractivity contribution in [3.05, 3.63) is 237 Å². The molecule has 0 heterocycles. The van der Waals surface area contributed by atoms with E-state index >= 15 is 0 Å². The smallest absolute Gasteiger partial charge is 0.0473 e. The summed E-state index contributed by atoms with van der Waals surface area (Å²) in [5.74, 6) is 0. The molecule has 0 bridgehead atoms. The lowest BCUT2D eigenvalue weighted by Gasteiger charge is -2.27. The van der Waals surface area contributed by atoms with E-state index in [4.69, 9.17) is 0 Å². The predicted molar refractivity (Wildman–Crippen MR) is 234 cm³/mol. The van der Waals surface area contributed by atoms with Crippen LogP contribution in [-0.2, 0) is 0 Å². The van der Waals surface area contributed by atoms with E-state index in [2.05, 4.69) is 241 Å². The predicted octanol–water partition coefficient (Wildman–Crippen LogP) is 15.2. The zero-order chi connectivity index (χ0) is 36.8. The first kappa shape index (κ1) is 33.6. The molecule has 0 unspecified atom stereocenters. The minimum Gasteiger partial charge on any atom is -0.310 e. The molecule has 55 heavy (non-hydrogen) atoms. The van der Waals surface area contributed by atoms with Crippen LogP contribution in [0.3, 0.4) is 0 Å². The number of anilines is 3. The molecule has 1 heteroatoms. The summed E-state index contributed by atoms with van der Waals surface area (Å²) in [7, 11) is 0. The molecule has 0 aliphatic carbocycles. The quantitative estimate of drug-likeness (QED) is 0.145. The molecule has 9 aromatic rings. The Morgan fingerprint density at radius 3 is 0.891 bits per heavy atom. The Morgan fingerprint density at radius 2 is 0.473 bits per heavy atom. The molecule has 0 amide bonds. The van der Waals surface area contributed by atoms with E-state index in [1.807, 2.05) is 0 Å². The summed E-state index contributed by atoms with van der Waals surface area (Å²) in [6.45, 7) is 0. The zero-order valence-corrected chi connectivity index (χ0v) is 30.5. The van der Waals surface area contributed by atoms with Gasteiger partial charge in [0, 0.05) is 17.1 Å². The second-order valence-electron chi connectivity index (χ2n) is 13.8. The first-order valence-electron chi connectivity index (χ1n) is 18.8. The highest BCUT2D eigenvalue weighted by Crippen LogP contribution is 2.42. The Labute approximate surface area is 324 Å². The Kier molecular flexibility index (Phi) is 9.41. The van der Waals surface area contributed by atoms with Gasteiger partial charge in [-0.25, -0.2) is 0 Å². The first-order chi connectivity index (χ1) is 27.3. The van der Waals surface area contributed by atoms with Crippen LogP contribution in [0.15, 0.2) is 237 Å². The van der Waals surface area contributed by atoms with E-state index in [0.717, 1.165) is 17.1 Å². The van der Waals surface area contributed by atoms with Crippen molar-refractivity contribution in [1.29, 1.82) is 0 Å². The van der Waals surface area contributed by atoms with E-state index in [9.17, 15) is 0 Å². The van der Waals surface area contributed by atoms with Gasteiger partial charge in [-0.1, -0.05) is 194 Å². The van der Waals surface area contributed by atoms with Gasteiger partial charge >= 0.3 is 0 Å². The molecule has 0 spiro atoms. The van der Waals surface area contributed by atoms with Gasteiger partial charge in [-0.3, -0.25) is 0 Å². The van der Waals surface area contributed by atoms with Crippen LogP contribution in [0.4, 0.5) is 17.1 Å². The maximum absolute atomic E-state index is 2.38. The molecule has 0 aliphatic rings. The van der Waals surface area contributed by atoms with Crippen LogP contribution in [0, 0.1) is 0 Å². The number of rotatable bonds is 9. The van der Waals surface area contributed by atoms with Gasteiger partial charge in [0.15, 0.2) is 0 Å². The minimum atomic E-state index is 1.09. The molecular weight excluding hydrogens is 663 g/mol. The molecular formula is C54H39N. The second-order valence-corrected chi connectivity index (χ2v) is 13.8. The van der Waals surface area contributed by atoms with E-state index < -0.39 is 0 Å². The average molecular weight is 702 g/mol. The number of benzene rings is 9. The summed E-state index contributed by atoms with van der Waals surface area (Å²) in [5, 5.41) is 0. The Morgan fingerprint density at radius 1 is 0.182 bits per heavy atom. The van der Waals surface area contributed by atoms with Gasteiger partial charge < -0.3 is 4.90 Å². The molecule has 0 fully saturated rings. The van der Waals surface area contributed by atoms with Crippen molar-refractivity contribution in [1.82, 2.24) is 0 Å². The summed E-state index contributed by atoms with van der Waals surface area (Å²) >= 11 is 0. The standard InChI is InChI=1S/C54H39N/c1-5-17-40(18-6-1)43-29-33-48(34-30-43)55(50-38-46(41-19-7-2-8-20-41)37-47(39-50)42-21-9-3-10-22-42)49-35-31-45(32-36-49)52-26-14-16-28-54(52)53-27-15-13-25-51(53)44-23-11-4-12-24-44/h1-39H. The van der Waals surface area contributed by atoms with E-state index in [1.54, 1.807) is 0 Å². The van der Waals surface area contributed by atoms with E-state index in [-0.39, 0.29) is 0 Å². The second kappa shape index (κ2) is 15.4. The molecule has 0 aliphatic heterocycles. The van der Waals surface area contributed by atoms with Crippen molar-refractivity contribution in [3.63, 3.8) is 0 Å². The number of hydrogen-bond donors (Lipinski definition) is 0. The largest absolute Gasteiger partial charge is 0.310 e. The molecule has 260 valence electrons. The fourth-order valence-corrected chi connectivity index (χ4v) is 7.56. The number of hydrogen-bond acceptors (Lipinski definition) is 1. The molecule has 0 saturated carbocycles. The fourth-order valence-electron chi connectivity index (χ4n) is 7.56. The van der Waals surface area contributed by atoms with E-state index in [1.165, 1.54) is 66.8 Å². The summed E-state index contributed by atoms with van der Waals surface area (Å²) in [4.78, 5) is 2.38.